The van der Waals surface area contributed by atoms with Gasteiger partial charge in [0.1, 0.15) is 11.7 Å². The summed E-state index contributed by atoms with van der Waals surface area (Å²) in [6, 6.07) is 6.92. The summed E-state index contributed by atoms with van der Waals surface area (Å²) in [4.78, 5) is 13.5. The Bertz CT molecular complexity index is 651. The third-order valence-corrected chi connectivity index (χ3v) is 3.25. The van der Waals surface area contributed by atoms with Gasteiger partial charge in [-0.1, -0.05) is 42.4 Å². The van der Waals surface area contributed by atoms with Crippen LogP contribution < -0.4 is 4.90 Å². The molecule has 0 atom stereocenters. The van der Waals surface area contributed by atoms with Gasteiger partial charge in [0, 0.05) is 13.2 Å². The average molecular weight is 308 g/mol. The lowest BCUT2D eigenvalue weighted by molar-refractivity contribution is -0.114. The van der Waals surface area contributed by atoms with E-state index in [1.807, 2.05) is 0 Å². The highest BCUT2D eigenvalue weighted by atomic mass is 35.5. The summed E-state index contributed by atoms with van der Waals surface area (Å²) < 4.78 is 14.1. The minimum Gasteiger partial charge on any atom is -0.286 e. The molecule has 2 aromatic rings. The van der Waals surface area contributed by atoms with Crippen LogP contribution in [0.15, 0.2) is 43.1 Å². The summed E-state index contributed by atoms with van der Waals surface area (Å²) in [5, 5.41) is 4.57. The summed E-state index contributed by atoms with van der Waals surface area (Å²) in [6.07, 6.45) is 2.83. The molecule has 0 fully saturated rings. The van der Waals surface area contributed by atoms with Gasteiger partial charge in [0.25, 0.3) is 5.91 Å². The molecule has 0 aliphatic heterocycles. The SMILES string of the molecule is C=CC(=O)N(Cc1ccc(CF)cc1)c1nn(C)cc1Cl. The first-order valence-corrected chi connectivity index (χ1v) is 6.69. The normalized spacial score (nSPS) is 10.4. The lowest BCUT2D eigenvalue weighted by Gasteiger charge is -2.19. The number of nitrogens with zero attached hydrogens (tertiary/aromatic N) is 3. The van der Waals surface area contributed by atoms with E-state index in [4.69, 9.17) is 11.6 Å². The fourth-order valence-electron chi connectivity index (χ4n) is 1.91. The van der Waals surface area contributed by atoms with E-state index in [-0.39, 0.29) is 12.5 Å². The van der Waals surface area contributed by atoms with Crippen molar-refractivity contribution in [1.82, 2.24) is 9.78 Å². The third kappa shape index (κ3) is 3.49. The molecule has 0 saturated carbocycles. The maximum Gasteiger partial charge on any atom is 0.251 e. The molecule has 2 rings (SSSR count). The summed E-state index contributed by atoms with van der Waals surface area (Å²) in [6.45, 7) is 3.27. The maximum absolute atomic E-state index is 12.5. The molecular weight excluding hydrogens is 293 g/mol. The van der Waals surface area contributed by atoms with Crippen molar-refractivity contribution in [2.24, 2.45) is 7.05 Å². The smallest absolute Gasteiger partial charge is 0.251 e. The maximum atomic E-state index is 12.5. The van der Waals surface area contributed by atoms with Crippen LogP contribution in [0, 0.1) is 0 Å². The van der Waals surface area contributed by atoms with Crippen LogP contribution in [0.5, 0.6) is 0 Å². The predicted octanol–water partition coefficient (Wildman–Crippen LogP) is 3.26. The zero-order valence-electron chi connectivity index (χ0n) is 11.6. The first-order valence-electron chi connectivity index (χ1n) is 6.32. The molecule has 1 aromatic heterocycles. The number of carbonyl (C=O) groups excluding carboxylic acids is 1. The number of halogens is 2. The van der Waals surface area contributed by atoms with Crippen LogP contribution in [-0.2, 0) is 25.1 Å². The van der Waals surface area contributed by atoms with E-state index in [2.05, 4.69) is 11.7 Å². The molecule has 1 amide bonds. The molecule has 0 spiro atoms. The fourth-order valence-corrected chi connectivity index (χ4v) is 2.20. The molecular formula is C15H15ClFN3O. The van der Waals surface area contributed by atoms with E-state index in [0.29, 0.717) is 16.4 Å². The van der Waals surface area contributed by atoms with Crippen molar-refractivity contribution in [1.29, 1.82) is 0 Å². The zero-order valence-corrected chi connectivity index (χ0v) is 12.3. The standard InChI is InChI=1S/C15H15ClFN3O/c1-3-14(21)20(15-13(16)10-19(2)18-15)9-12-6-4-11(8-17)5-7-12/h3-7,10H,1,8-9H2,2H3. The zero-order chi connectivity index (χ0) is 15.4. The first-order chi connectivity index (χ1) is 10.0. The van der Waals surface area contributed by atoms with Gasteiger partial charge in [0.05, 0.1) is 6.54 Å². The van der Waals surface area contributed by atoms with E-state index in [9.17, 15) is 9.18 Å². The van der Waals surface area contributed by atoms with E-state index >= 15 is 0 Å². The second kappa shape index (κ2) is 6.54. The molecule has 1 aromatic carbocycles. The number of alkyl halides is 1. The van der Waals surface area contributed by atoms with Crippen LogP contribution in [-0.4, -0.2) is 15.7 Å². The van der Waals surface area contributed by atoms with Crippen molar-refractivity contribution in [2.45, 2.75) is 13.2 Å². The molecule has 0 aliphatic rings. The van der Waals surface area contributed by atoms with Gasteiger partial charge in [-0.25, -0.2) is 4.39 Å². The van der Waals surface area contributed by atoms with Gasteiger partial charge in [-0.15, -0.1) is 0 Å². The lowest BCUT2D eigenvalue weighted by Crippen LogP contribution is -2.29. The van der Waals surface area contributed by atoms with E-state index < -0.39 is 6.67 Å². The Morgan fingerprint density at radius 2 is 2.05 bits per heavy atom. The van der Waals surface area contributed by atoms with Gasteiger partial charge >= 0.3 is 0 Å². The van der Waals surface area contributed by atoms with Crippen molar-refractivity contribution in [3.8, 4) is 0 Å². The second-order valence-corrected chi connectivity index (χ2v) is 4.96. The number of aromatic nitrogens is 2. The van der Waals surface area contributed by atoms with E-state index in [1.54, 1.807) is 37.5 Å². The topological polar surface area (TPSA) is 38.1 Å². The Kier molecular flexibility index (Phi) is 4.75. The number of hydrogen-bond acceptors (Lipinski definition) is 2. The number of benzene rings is 1. The molecule has 0 radical (unpaired) electrons. The molecule has 0 saturated heterocycles. The van der Waals surface area contributed by atoms with Crippen LogP contribution in [0.3, 0.4) is 0 Å². The Labute approximate surface area is 127 Å². The van der Waals surface area contributed by atoms with Crippen molar-refractivity contribution in [3.05, 3.63) is 59.3 Å². The number of aryl methyl sites for hydroxylation is 1. The number of anilines is 1. The molecule has 0 N–H and O–H groups in total. The lowest BCUT2D eigenvalue weighted by atomic mass is 10.1. The van der Waals surface area contributed by atoms with Crippen LogP contribution >= 0.6 is 11.6 Å². The second-order valence-electron chi connectivity index (χ2n) is 4.55. The highest BCUT2D eigenvalue weighted by Gasteiger charge is 2.19. The molecule has 4 nitrogen and oxygen atoms in total. The molecule has 1 heterocycles. The summed E-state index contributed by atoms with van der Waals surface area (Å²) in [5.41, 5.74) is 1.44. The van der Waals surface area contributed by atoms with Crippen LogP contribution in [0.1, 0.15) is 11.1 Å². The quantitative estimate of drug-likeness (QED) is 0.795. The predicted molar refractivity (Wildman–Crippen MR) is 80.9 cm³/mol. The summed E-state index contributed by atoms with van der Waals surface area (Å²) >= 11 is 6.09. The molecule has 0 bridgehead atoms. The van der Waals surface area contributed by atoms with Crippen LogP contribution in [0.25, 0.3) is 0 Å². The monoisotopic (exact) mass is 307 g/mol. The van der Waals surface area contributed by atoms with Crippen LogP contribution in [0.4, 0.5) is 10.2 Å². The minimum atomic E-state index is -0.512. The van der Waals surface area contributed by atoms with Crippen molar-refractivity contribution in [3.63, 3.8) is 0 Å². The molecule has 0 aliphatic carbocycles. The van der Waals surface area contributed by atoms with Crippen molar-refractivity contribution < 1.29 is 9.18 Å². The summed E-state index contributed by atoms with van der Waals surface area (Å²) in [5.74, 6) is 0.0730. The van der Waals surface area contributed by atoms with Gasteiger partial charge in [0.2, 0.25) is 0 Å². The van der Waals surface area contributed by atoms with Gasteiger partial charge in [0.15, 0.2) is 5.82 Å². The average Bonchev–Trinajstić information content (AvgIpc) is 2.83. The number of carbonyl (C=O) groups is 1. The summed E-state index contributed by atoms with van der Waals surface area (Å²) in [7, 11) is 1.72. The van der Waals surface area contributed by atoms with Crippen molar-refractivity contribution in [2.75, 3.05) is 4.90 Å². The van der Waals surface area contributed by atoms with Crippen molar-refractivity contribution >= 4 is 23.3 Å². The molecule has 110 valence electrons. The van der Waals surface area contributed by atoms with Gasteiger partial charge in [-0.05, 0) is 17.2 Å². The fraction of sp³-hybridized carbons (Fsp3) is 0.200. The Morgan fingerprint density at radius 1 is 1.43 bits per heavy atom. The Hall–Kier alpha value is -2.14. The van der Waals surface area contributed by atoms with Gasteiger partial charge < -0.3 is 0 Å². The Morgan fingerprint density at radius 3 is 2.52 bits per heavy atom. The first kappa shape index (κ1) is 15.3. The van der Waals surface area contributed by atoms with E-state index in [0.717, 1.165) is 5.56 Å². The molecule has 6 heteroatoms. The van der Waals surface area contributed by atoms with E-state index in [1.165, 1.54) is 15.7 Å². The highest BCUT2D eigenvalue weighted by Crippen LogP contribution is 2.25. The molecule has 21 heavy (non-hydrogen) atoms. The van der Waals surface area contributed by atoms with Gasteiger partial charge in [-0.2, -0.15) is 5.10 Å². The third-order valence-electron chi connectivity index (χ3n) is 2.98. The largest absolute Gasteiger partial charge is 0.286 e. The highest BCUT2D eigenvalue weighted by molar-refractivity contribution is 6.33. The Balaban J connectivity index is 2.30. The van der Waals surface area contributed by atoms with Crippen LogP contribution in [0.2, 0.25) is 5.02 Å². The number of hydrogen-bond donors (Lipinski definition) is 0. The number of rotatable bonds is 5. The van der Waals surface area contributed by atoms with Gasteiger partial charge in [-0.3, -0.25) is 14.4 Å². The minimum absolute atomic E-state index is 0.286. The number of amides is 1. The molecule has 0 unspecified atom stereocenters.